The first kappa shape index (κ1) is 21.8. The van der Waals surface area contributed by atoms with Gasteiger partial charge in [-0.1, -0.05) is 12.1 Å². The predicted octanol–water partition coefficient (Wildman–Crippen LogP) is 4.08. The Labute approximate surface area is 189 Å². The van der Waals surface area contributed by atoms with Crippen LogP contribution in [0, 0.1) is 0 Å². The monoisotopic (exact) mass is 468 g/mol. The zero-order chi connectivity index (χ0) is 22.7. The fourth-order valence-electron chi connectivity index (χ4n) is 3.17. The summed E-state index contributed by atoms with van der Waals surface area (Å²) in [5, 5.41) is 3.84. The van der Waals surface area contributed by atoms with Gasteiger partial charge < -0.3 is 14.8 Å². The maximum Gasteiger partial charge on any atom is 0.261 e. The number of ether oxygens (including phenoxy) is 2. The number of rotatable bonds is 7. The lowest BCUT2D eigenvalue weighted by Crippen LogP contribution is -2.21. The van der Waals surface area contributed by atoms with E-state index in [0.29, 0.717) is 16.4 Å². The van der Waals surface area contributed by atoms with Gasteiger partial charge in [0.1, 0.15) is 0 Å². The minimum absolute atomic E-state index is 0.107. The lowest BCUT2D eigenvalue weighted by Gasteiger charge is -2.11. The molecule has 0 spiro atoms. The molecule has 32 heavy (non-hydrogen) atoms. The Morgan fingerprint density at radius 2 is 1.69 bits per heavy atom. The van der Waals surface area contributed by atoms with Gasteiger partial charge in [0.25, 0.3) is 5.91 Å². The second-order valence-corrected chi connectivity index (χ2v) is 9.90. The molecule has 7 nitrogen and oxygen atoms in total. The second-order valence-electron chi connectivity index (χ2n) is 6.87. The molecule has 0 aliphatic rings. The van der Waals surface area contributed by atoms with Crippen molar-refractivity contribution in [2.24, 2.45) is 0 Å². The quantitative estimate of drug-likeness (QED) is 0.439. The van der Waals surface area contributed by atoms with Gasteiger partial charge in [0, 0.05) is 25.0 Å². The highest BCUT2D eigenvalue weighted by Gasteiger charge is 2.20. The summed E-state index contributed by atoms with van der Waals surface area (Å²) < 4.78 is 37.3. The third-order valence-electron chi connectivity index (χ3n) is 4.90. The molecule has 0 radical (unpaired) electrons. The van der Waals surface area contributed by atoms with E-state index in [1.54, 1.807) is 30.6 Å². The lowest BCUT2D eigenvalue weighted by molar-refractivity contribution is 0.0955. The first-order valence-corrected chi connectivity index (χ1v) is 11.9. The second kappa shape index (κ2) is 8.97. The number of hydrogen-bond donors (Lipinski definition) is 1. The van der Waals surface area contributed by atoms with Gasteiger partial charge in [-0.25, -0.2) is 8.42 Å². The van der Waals surface area contributed by atoms with Gasteiger partial charge in [-0.05, 0) is 47.3 Å². The van der Waals surface area contributed by atoms with E-state index in [0.717, 1.165) is 15.6 Å². The number of methoxy groups -OCH3 is 2. The van der Waals surface area contributed by atoms with Crippen molar-refractivity contribution in [3.63, 3.8) is 0 Å². The Bertz CT molecular complexity index is 1350. The number of thiophene rings is 1. The Hall–Kier alpha value is -3.43. The normalized spacial score (nSPS) is 11.3. The molecule has 1 amide bonds. The van der Waals surface area contributed by atoms with Gasteiger partial charge in [0.05, 0.1) is 33.6 Å². The van der Waals surface area contributed by atoms with Crippen LogP contribution < -0.4 is 14.8 Å². The predicted molar refractivity (Wildman–Crippen MR) is 122 cm³/mol. The van der Waals surface area contributed by atoms with Crippen molar-refractivity contribution >= 4 is 37.2 Å². The highest BCUT2D eigenvalue weighted by atomic mass is 32.2. The zero-order valence-electron chi connectivity index (χ0n) is 17.4. The van der Waals surface area contributed by atoms with E-state index < -0.39 is 9.84 Å². The van der Waals surface area contributed by atoms with Crippen molar-refractivity contribution in [3.05, 3.63) is 77.4 Å². The Balaban J connectivity index is 1.47. The number of nitrogens with zero attached hydrogens (tertiary/aromatic N) is 1. The van der Waals surface area contributed by atoms with Crippen LogP contribution in [-0.2, 0) is 16.4 Å². The number of hydrogen-bond acceptors (Lipinski definition) is 7. The van der Waals surface area contributed by atoms with E-state index in [1.807, 2.05) is 12.1 Å². The van der Waals surface area contributed by atoms with Crippen LogP contribution in [0.5, 0.6) is 11.5 Å². The number of carbonyl (C=O) groups is 1. The van der Waals surface area contributed by atoms with Crippen molar-refractivity contribution in [1.82, 2.24) is 10.3 Å². The molecule has 0 bridgehead atoms. The lowest BCUT2D eigenvalue weighted by atomic mass is 10.2. The molecule has 164 valence electrons. The van der Waals surface area contributed by atoms with Gasteiger partial charge in [0.15, 0.2) is 11.5 Å². The molecule has 2 aromatic heterocycles. The van der Waals surface area contributed by atoms with Crippen molar-refractivity contribution in [1.29, 1.82) is 0 Å². The number of sulfone groups is 1. The van der Waals surface area contributed by atoms with Crippen molar-refractivity contribution in [3.8, 4) is 11.5 Å². The summed E-state index contributed by atoms with van der Waals surface area (Å²) in [4.78, 5) is 17.4. The van der Waals surface area contributed by atoms with E-state index in [4.69, 9.17) is 9.47 Å². The number of aromatic nitrogens is 1. The molecule has 2 aromatic carbocycles. The Morgan fingerprint density at radius 3 is 2.38 bits per heavy atom. The van der Waals surface area contributed by atoms with E-state index in [1.165, 1.54) is 49.8 Å². The summed E-state index contributed by atoms with van der Waals surface area (Å²) in [6.45, 7) is 0.280. The standard InChI is InChI=1S/C23H20N2O5S2/c1-29-19-8-7-18(12-20(19)30-2)32(27,28)17-5-3-15(4-6-17)13-25-23(26)21-11-16-9-10-24-14-22(16)31-21/h3-12,14H,13H2,1-2H3,(H,25,26). The number of amides is 1. The molecular weight excluding hydrogens is 448 g/mol. The van der Waals surface area contributed by atoms with Crippen molar-refractivity contribution in [2.45, 2.75) is 16.3 Å². The largest absolute Gasteiger partial charge is 0.493 e. The average Bonchev–Trinajstić information content (AvgIpc) is 3.27. The average molecular weight is 469 g/mol. The molecule has 0 saturated carbocycles. The number of pyridine rings is 1. The van der Waals surface area contributed by atoms with Crippen LogP contribution in [0.1, 0.15) is 15.2 Å². The van der Waals surface area contributed by atoms with Gasteiger partial charge in [0.2, 0.25) is 9.84 Å². The summed E-state index contributed by atoms with van der Waals surface area (Å²) in [6, 6.07) is 14.6. The van der Waals surface area contributed by atoms with Crippen molar-refractivity contribution in [2.75, 3.05) is 14.2 Å². The zero-order valence-corrected chi connectivity index (χ0v) is 19.0. The van der Waals surface area contributed by atoms with Gasteiger partial charge in [-0.15, -0.1) is 11.3 Å². The summed E-state index contributed by atoms with van der Waals surface area (Å²) in [6.07, 6.45) is 3.42. The third kappa shape index (κ3) is 4.30. The Morgan fingerprint density at radius 1 is 0.969 bits per heavy atom. The number of benzene rings is 2. The smallest absolute Gasteiger partial charge is 0.261 e. The van der Waals surface area contributed by atoms with Gasteiger partial charge in [-0.3, -0.25) is 9.78 Å². The molecule has 2 heterocycles. The molecule has 0 fully saturated rings. The minimum atomic E-state index is -3.73. The first-order valence-electron chi connectivity index (χ1n) is 9.60. The van der Waals surface area contributed by atoms with E-state index in [2.05, 4.69) is 10.3 Å². The van der Waals surface area contributed by atoms with Crippen LogP contribution in [0.2, 0.25) is 0 Å². The van der Waals surface area contributed by atoms with Crippen LogP contribution in [0.15, 0.2) is 76.8 Å². The molecule has 0 saturated heterocycles. The summed E-state index contributed by atoms with van der Waals surface area (Å²) in [7, 11) is -0.791. The number of fused-ring (bicyclic) bond motifs is 1. The van der Waals surface area contributed by atoms with Gasteiger partial charge in [-0.2, -0.15) is 0 Å². The molecule has 0 unspecified atom stereocenters. The summed E-state index contributed by atoms with van der Waals surface area (Å²) in [5.74, 6) is 0.602. The fourth-order valence-corrected chi connectivity index (χ4v) is 5.39. The molecular formula is C23H20N2O5S2. The third-order valence-corrected chi connectivity index (χ3v) is 7.75. The molecule has 1 N–H and O–H groups in total. The SMILES string of the molecule is COc1ccc(S(=O)(=O)c2ccc(CNC(=O)c3cc4ccncc4s3)cc2)cc1OC. The molecule has 0 atom stereocenters. The molecule has 4 rings (SSSR count). The van der Waals surface area contributed by atoms with Crippen LogP contribution in [-0.4, -0.2) is 33.5 Å². The highest BCUT2D eigenvalue weighted by Crippen LogP contribution is 2.32. The van der Waals surface area contributed by atoms with E-state index >= 15 is 0 Å². The Kier molecular flexibility index (Phi) is 6.11. The summed E-state index contributed by atoms with van der Waals surface area (Å²) in [5.41, 5.74) is 0.785. The van der Waals surface area contributed by atoms with Crippen LogP contribution in [0.25, 0.3) is 10.1 Å². The maximum atomic E-state index is 13.0. The summed E-state index contributed by atoms with van der Waals surface area (Å²) >= 11 is 1.38. The number of nitrogens with one attached hydrogen (secondary N) is 1. The minimum Gasteiger partial charge on any atom is -0.493 e. The molecule has 9 heteroatoms. The maximum absolute atomic E-state index is 13.0. The van der Waals surface area contributed by atoms with Crippen LogP contribution >= 0.6 is 11.3 Å². The number of carbonyl (C=O) groups excluding carboxylic acids is 1. The van der Waals surface area contributed by atoms with Crippen LogP contribution in [0.3, 0.4) is 0 Å². The molecule has 0 aliphatic carbocycles. The molecule has 0 aliphatic heterocycles. The topological polar surface area (TPSA) is 94.6 Å². The van der Waals surface area contributed by atoms with E-state index in [-0.39, 0.29) is 22.2 Å². The molecule has 4 aromatic rings. The highest BCUT2D eigenvalue weighted by molar-refractivity contribution is 7.91. The van der Waals surface area contributed by atoms with Gasteiger partial charge >= 0.3 is 0 Å². The fraction of sp³-hybridized carbons (Fsp3) is 0.130. The van der Waals surface area contributed by atoms with Crippen LogP contribution in [0.4, 0.5) is 0 Å². The van der Waals surface area contributed by atoms with Crippen molar-refractivity contribution < 1.29 is 22.7 Å². The van der Waals surface area contributed by atoms with E-state index in [9.17, 15) is 13.2 Å². The first-order chi connectivity index (χ1) is 15.4.